The summed E-state index contributed by atoms with van der Waals surface area (Å²) in [7, 11) is 1.81. The molecule has 0 radical (unpaired) electrons. The third kappa shape index (κ3) is 2.56. The van der Waals surface area contributed by atoms with Gasteiger partial charge in [-0.25, -0.2) is 4.98 Å². The lowest BCUT2D eigenvalue weighted by atomic mass is 9.90. The van der Waals surface area contributed by atoms with Gasteiger partial charge in [-0.1, -0.05) is 0 Å². The summed E-state index contributed by atoms with van der Waals surface area (Å²) in [5.74, 6) is -1.52. The highest BCUT2D eigenvalue weighted by Gasteiger charge is 2.35. The Hall–Kier alpha value is -2.44. The van der Waals surface area contributed by atoms with Crippen molar-refractivity contribution in [2.75, 3.05) is 6.54 Å². The Bertz CT molecular complexity index is 783. The minimum Gasteiger partial charge on any atom is -0.481 e. The van der Waals surface area contributed by atoms with E-state index in [2.05, 4.69) is 10.1 Å². The molecule has 0 aromatic carbocycles. The molecule has 2 atom stereocenters. The molecule has 0 saturated carbocycles. The average molecular weight is 316 g/mol. The number of fused-ring (bicyclic) bond motifs is 1. The molecular formula is C16H20N4O3. The van der Waals surface area contributed by atoms with Gasteiger partial charge in [-0.15, -0.1) is 0 Å². The van der Waals surface area contributed by atoms with Gasteiger partial charge >= 0.3 is 5.97 Å². The highest BCUT2D eigenvalue weighted by atomic mass is 16.4. The van der Waals surface area contributed by atoms with Crippen LogP contribution in [0.3, 0.4) is 0 Å². The SMILES string of the molecule is Cc1nn(C)c2ncc(C(=O)N3CCC[C@@H](C(=O)O)[C@H]3C)cc12. The second kappa shape index (κ2) is 5.64. The van der Waals surface area contributed by atoms with E-state index in [0.717, 1.165) is 16.7 Å². The van der Waals surface area contributed by atoms with E-state index in [9.17, 15) is 14.7 Å². The smallest absolute Gasteiger partial charge is 0.308 e. The van der Waals surface area contributed by atoms with Gasteiger partial charge in [0.1, 0.15) is 0 Å². The molecule has 1 aliphatic rings. The van der Waals surface area contributed by atoms with Gasteiger partial charge in [-0.2, -0.15) is 5.10 Å². The Balaban J connectivity index is 1.93. The first kappa shape index (κ1) is 15.5. The third-order valence-electron chi connectivity index (χ3n) is 4.68. The van der Waals surface area contributed by atoms with Crippen LogP contribution in [0.1, 0.15) is 35.8 Å². The molecule has 122 valence electrons. The van der Waals surface area contributed by atoms with E-state index in [1.54, 1.807) is 28.8 Å². The van der Waals surface area contributed by atoms with E-state index in [1.165, 1.54) is 0 Å². The van der Waals surface area contributed by atoms with Gasteiger partial charge in [0.25, 0.3) is 5.91 Å². The molecular weight excluding hydrogens is 296 g/mol. The van der Waals surface area contributed by atoms with E-state index in [0.29, 0.717) is 24.9 Å². The summed E-state index contributed by atoms with van der Waals surface area (Å²) in [6, 6.07) is 1.48. The molecule has 23 heavy (non-hydrogen) atoms. The lowest BCUT2D eigenvalue weighted by Crippen LogP contribution is -2.49. The van der Waals surface area contributed by atoms with E-state index < -0.39 is 11.9 Å². The number of rotatable bonds is 2. The molecule has 1 saturated heterocycles. The normalized spacial score (nSPS) is 21.6. The van der Waals surface area contributed by atoms with E-state index in [-0.39, 0.29) is 11.9 Å². The summed E-state index contributed by atoms with van der Waals surface area (Å²) < 4.78 is 1.68. The monoisotopic (exact) mass is 316 g/mol. The van der Waals surface area contributed by atoms with Crippen LogP contribution in [0.5, 0.6) is 0 Å². The summed E-state index contributed by atoms with van der Waals surface area (Å²) >= 11 is 0. The molecule has 2 aromatic rings. The number of carboxylic acids is 1. The van der Waals surface area contributed by atoms with Crippen molar-refractivity contribution >= 4 is 22.9 Å². The molecule has 0 aliphatic carbocycles. The number of carboxylic acid groups (broad SMARTS) is 1. The fourth-order valence-electron chi connectivity index (χ4n) is 3.35. The Kier molecular flexibility index (Phi) is 3.79. The highest BCUT2D eigenvalue weighted by Crippen LogP contribution is 2.26. The average Bonchev–Trinajstić information content (AvgIpc) is 2.81. The van der Waals surface area contributed by atoms with Gasteiger partial charge in [0.15, 0.2) is 5.65 Å². The fourth-order valence-corrected chi connectivity index (χ4v) is 3.35. The van der Waals surface area contributed by atoms with E-state index in [4.69, 9.17) is 0 Å². The second-order valence-corrected chi connectivity index (χ2v) is 6.13. The van der Waals surface area contributed by atoms with Crippen LogP contribution in [-0.2, 0) is 11.8 Å². The van der Waals surface area contributed by atoms with Gasteiger partial charge in [-0.3, -0.25) is 14.3 Å². The molecule has 1 fully saturated rings. The Morgan fingerprint density at radius 3 is 2.83 bits per heavy atom. The standard InChI is InChI=1S/C16H20N4O3/c1-9-13-7-11(8-17-14(13)19(3)18-9)15(21)20-6-4-5-12(10(20)2)16(22)23/h7-8,10,12H,4-6H2,1-3H3,(H,22,23)/t10-,12-/m1/s1. The second-order valence-electron chi connectivity index (χ2n) is 6.13. The lowest BCUT2D eigenvalue weighted by Gasteiger charge is -2.37. The van der Waals surface area contributed by atoms with Crippen LogP contribution in [0, 0.1) is 12.8 Å². The van der Waals surface area contributed by atoms with Gasteiger partial charge in [0, 0.05) is 31.2 Å². The van der Waals surface area contributed by atoms with Crippen LogP contribution >= 0.6 is 0 Å². The zero-order valence-corrected chi connectivity index (χ0v) is 13.5. The van der Waals surface area contributed by atoms with Gasteiger partial charge in [0.2, 0.25) is 0 Å². The molecule has 3 rings (SSSR count). The zero-order chi connectivity index (χ0) is 16.7. The summed E-state index contributed by atoms with van der Waals surface area (Å²) in [5.41, 5.74) is 2.03. The molecule has 0 unspecified atom stereocenters. The number of aromatic nitrogens is 3. The van der Waals surface area contributed by atoms with Crippen molar-refractivity contribution in [3.05, 3.63) is 23.5 Å². The molecule has 3 heterocycles. The number of likely N-dealkylation sites (tertiary alicyclic amines) is 1. The quantitative estimate of drug-likeness (QED) is 0.909. The number of nitrogens with zero attached hydrogens (tertiary/aromatic N) is 4. The summed E-state index contributed by atoms with van der Waals surface area (Å²) in [4.78, 5) is 30.1. The van der Waals surface area contributed by atoms with Crippen molar-refractivity contribution in [1.82, 2.24) is 19.7 Å². The zero-order valence-electron chi connectivity index (χ0n) is 13.5. The van der Waals surface area contributed by atoms with E-state index >= 15 is 0 Å². The van der Waals surface area contributed by atoms with Crippen LogP contribution in [0.25, 0.3) is 11.0 Å². The Morgan fingerprint density at radius 1 is 1.39 bits per heavy atom. The highest BCUT2D eigenvalue weighted by molar-refractivity contribution is 5.97. The van der Waals surface area contributed by atoms with Crippen molar-refractivity contribution in [2.24, 2.45) is 13.0 Å². The number of piperidine rings is 1. The van der Waals surface area contributed by atoms with Crippen molar-refractivity contribution in [3.63, 3.8) is 0 Å². The number of aryl methyl sites for hydroxylation is 2. The molecule has 1 amide bonds. The lowest BCUT2D eigenvalue weighted by molar-refractivity contribution is -0.144. The number of aliphatic carboxylic acids is 1. The summed E-state index contributed by atoms with van der Waals surface area (Å²) in [5, 5.41) is 14.4. The number of amides is 1. The maximum absolute atomic E-state index is 12.8. The Labute approximate surface area is 133 Å². The van der Waals surface area contributed by atoms with Crippen LogP contribution in [0.2, 0.25) is 0 Å². The minimum absolute atomic E-state index is 0.166. The Morgan fingerprint density at radius 2 is 2.13 bits per heavy atom. The maximum atomic E-state index is 12.8. The molecule has 1 N–H and O–H groups in total. The predicted octanol–water partition coefficient (Wildman–Crippen LogP) is 1.60. The van der Waals surface area contributed by atoms with Crippen molar-refractivity contribution in [1.29, 1.82) is 0 Å². The molecule has 2 aromatic heterocycles. The van der Waals surface area contributed by atoms with Crippen LogP contribution < -0.4 is 0 Å². The fraction of sp³-hybridized carbons (Fsp3) is 0.500. The molecule has 7 heteroatoms. The number of carbonyl (C=O) groups excluding carboxylic acids is 1. The number of hydrogen-bond acceptors (Lipinski definition) is 4. The largest absolute Gasteiger partial charge is 0.481 e. The number of pyridine rings is 1. The van der Waals surface area contributed by atoms with Gasteiger partial charge in [-0.05, 0) is 32.8 Å². The summed E-state index contributed by atoms with van der Waals surface area (Å²) in [6.07, 6.45) is 2.86. The first-order chi connectivity index (χ1) is 10.9. The predicted molar refractivity (Wildman–Crippen MR) is 84.1 cm³/mol. The number of hydrogen-bond donors (Lipinski definition) is 1. The number of carbonyl (C=O) groups is 2. The van der Waals surface area contributed by atoms with Crippen molar-refractivity contribution in [3.8, 4) is 0 Å². The summed E-state index contributed by atoms with van der Waals surface area (Å²) in [6.45, 7) is 4.26. The van der Waals surface area contributed by atoms with Gasteiger partial charge < -0.3 is 10.0 Å². The van der Waals surface area contributed by atoms with Crippen molar-refractivity contribution < 1.29 is 14.7 Å². The van der Waals surface area contributed by atoms with Crippen LogP contribution in [0.15, 0.2) is 12.3 Å². The van der Waals surface area contributed by atoms with Gasteiger partial charge in [0.05, 0.1) is 17.2 Å². The topological polar surface area (TPSA) is 88.3 Å². The minimum atomic E-state index is -0.841. The third-order valence-corrected chi connectivity index (χ3v) is 4.68. The molecule has 1 aliphatic heterocycles. The van der Waals surface area contributed by atoms with Crippen LogP contribution in [-0.4, -0.2) is 49.2 Å². The molecule has 0 spiro atoms. The maximum Gasteiger partial charge on any atom is 0.308 e. The molecule has 0 bridgehead atoms. The van der Waals surface area contributed by atoms with E-state index in [1.807, 2.05) is 14.0 Å². The van der Waals surface area contributed by atoms with Crippen LogP contribution in [0.4, 0.5) is 0 Å². The first-order valence-electron chi connectivity index (χ1n) is 7.73. The van der Waals surface area contributed by atoms with Crippen molar-refractivity contribution in [2.45, 2.75) is 32.7 Å². The molecule has 7 nitrogen and oxygen atoms in total. The first-order valence-corrected chi connectivity index (χ1v) is 7.73.